The number of nitrogens with one attached hydrogen (secondary N) is 1. The molecule has 0 aliphatic heterocycles. The maximum absolute atomic E-state index is 12.5. The van der Waals surface area contributed by atoms with Crippen LogP contribution in [0.5, 0.6) is 5.75 Å². The SMILES string of the molecule is COc1ccc(Cn2c(Br)nc(C(Nc3cc(C)c(=O)n(C)c3)c3ccc(Cl)cc3)c2C(=O)O)cc1. The Morgan fingerprint density at radius 2 is 1.86 bits per heavy atom. The Morgan fingerprint density at radius 3 is 2.44 bits per heavy atom. The molecule has 1 unspecified atom stereocenters. The average Bonchev–Trinajstić information content (AvgIpc) is 3.17. The van der Waals surface area contributed by atoms with E-state index in [0.717, 1.165) is 11.1 Å². The quantitative estimate of drug-likeness (QED) is 0.299. The van der Waals surface area contributed by atoms with E-state index in [-0.39, 0.29) is 17.8 Å². The topological polar surface area (TPSA) is 98.4 Å². The monoisotopic (exact) mass is 570 g/mol. The summed E-state index contributed by atoms with van der Waals surface area (Å²) in [6, 6.07) is 15.6. The van der Waals surface area contributed by atoms with Gasteiger partial charge in [-0.15, -0.1) is 0 Å². The number of ether oxygens (including phenoxy) is 1. The zero-order chi connectivity index (χ0) is 26.0. The third-order valence-electron chi connectivity index (χ3n) is 5.80. The van der Waals surface area contributed by atoms with Crippen molar-refractivity contribution in [1.29, 1.82) is 0 Å². The number of methoxy groups -OCH3 is 1. The smallest absolute Gasteiger partial charge is 0.354 e. The fourth-order valence-corrected chi connectivity index (χ4v) is 4.64. The predicted octanol–water partition coefficient (Wildman–Crippen LogP) is 5.26. The molecule has 4 aromatic rings. The zero-order valence-electron chi connectivity index (χ0n) is 19.8. The van der Waals surface area contributed by atoms with Gasteiger partial charge in [-0.1, -0.05) is 35.9 Å². The minimum absolute atomic E-state index is 0.0340. The molecule has 0 amide bonds. The number of carbonyl (C=O) groups is 1. The van der Waals surface area contributed by atoms with Gasteiger partial charge in [0.25, 0.3) is 5.56 Å². The summed E-state index contributed by atoms with van der Waals surface area (Å²) in [6.07, 6.45) is 1.67. The normalized spacial score (nSPS) is 11.8. The molecular formula is C26H24BrClN4O4. The molecule has 0 spiro atoms. The summed E-state index contributed by atoms with van der Waals surface area (Å²) in [7, 11) is 3.26. The Labute approximate surface area is 221 Å². The second-order valence-electron chi connectivity index (χ2n) is 8.31. The number of rotatable bonds is 8. The number of carboxylic acids is 1. The zero-order valence-corrected chi connectivity index (χ0v) is 22.2. The number of imidazole rings is 1. The van der Waals surface area contributed by atoms with Crippen molar-refractivity contribution in [3.05, 3.63) is 109 Å². The fourth-order valence-electron chi connectivity index (χ4n) is 4.02. The second-order valence-corrected chi connectivity index (χ2v) is 9.46. The van der Waals surface area contributed by atoms with Crippen LogP contribution in [-0.2, 0) is 13.6 Å². The van der Waals surface area contributed by atoms with Crippen molar-refractivity contribution < 1.29 is 14.6 Å². The van der Waals surface area contributed by atoms with Crippen molar-refractivity contribution in [3.63, 3.8) is 0 Å². The summed E-state index contributed by atoms with van der Waals surface area (Å²) in [5.74, 6) is -0.406. The predicted molar refractivity (Wildman–Crippen MR) is 142 cm³/mol. The Morgan fingerprint density at radius 1 is 1.19 bits per heavy atom. The molecule has 36 heavy (non-hydrogen) atoms. The van der Waals surface area contributed by atoms with Crippen LogP contribution in [0.2, 0.25) is 5.02 Å². The first-order chi connectivity index (χ1) is 17.2. The number of aromatic carboxylic acids is 1. The summed E-state index contributed by atoms with van der Waals surface area (Å²) in [5.41, 5.74) is 3.08. The lowest BCUT2D eigenvalue weighted by atomic mass is 10.0. The number of aromatic nitrogens is 3. The second kappa shape index (κ2) is 10.6. The molecular weight excluding hydrogens is 548 g/mol. The van der Waals surface area contributed by atoms with Gasteiger partial charge in [0.05, 0.1) is 25.4 Å². The van der Waals surface area contributed by atoms with Gasteiger partial charge in [-0.05, 0) is 64.3 Å². The lowest BCUT2D eigenvalue weighted by Gasteiger charge is -2.21. The Bertz CT molecular complexity index is 1440. The van der Waals surface area contributed by atoms with E-state index in [4.69, 9.17) is 16.3 Å². The molecule has 2 aromatic carbocycles. The number of hydrogen-bond donors (Lipinski definition) is 2. The number of pyridine rings is 1. The number of anilines is 1. The number of nitrogens with zero attached hydrogens (tertiary/aromatic N) is 3. The van der Waals surface area contributed by atoms with Crippen molar-refractivity contribution in [2.45, 2.75) is 19.5 Å². The molecule has 4 rings (SSSR count). The number of hydrogen-bond acceptors (Lipinski definition) is 5. The van der Waals surface area contributed by atoms with Crippen molar-refractivity contribution in [1.82, 2.24) is 14.1 Å². The van der Waals surface area contributed by atoms with Gasteiger partial charge in [-0.25, -0.2) is 9.78 Å². The minimum atomic E-state index is -1.12. The van der Waals surface area contributed by atoms with Crippen molar-refractivity contribution in [3.8, 4) is 5.75 Å². The highest BCUT2D eigenvalue weighted by atomic mass is 79.9. The standard InChI is InChI=1S/C26H24BrClN4O4/c1-15-12-19(14-31(2)24(15)33)29-21(17-6-8-18(28)9-7-17)22-23(25(34)35)32(26(27)30-22)13-16-4-10-20(36-3)11-5-16/h4-12,14,21,29H,13H2,1-3H3,(H,34,35). The largest absolute Gasteiger partial charge is 0.497 e. The summed E-state index contributed by atoms with van der Waals surface area (Å²) >= 11 is 9.58. The van der Waals surface area contributed by atoms with Gasteiger partial charge < -0.3 is 24.3 Å². The molecule has 0 saturated heterocycles. The van der Waals surface area contributed by atoms with Crippen LogP contribution < -0.4 is 15.6 Å². The van der Waals surface area contributed by atoms with Crippen LogP contribution in [0.4, 0.5) is 5.69 Å². The average molecular weight is 572 g/mol. The Kier molecular flexibility index (Phi) is 7.51. The van der Waals surface area contributed by atoms with Crippen molar-refractivity contribution in [2.24, 2.45) is 7.05 Å². The Hall–Kier alpha value is -3.56. The van der Waals surface area contributed by atoms with Crippen molar-refractivity contribution >= 4 is 39.2 Å². The first-order valence-corrected chi connectivity index (χ1v) is 12.2. The molecule has 2 N–H and O–H groups in total. The summed E-state index contributed by atoms with van der Waals surface area (Å²) in [5, 5.41) is 14.2. The Balaban J connectivity index is 1.83. The van der Waals surface area contributed by atoms with E-state index in [0.29, 0.717) is 32.5 Å². The first kappa shape index (κ1) is 25.5. The van der Waals surface area contributed by atoms with E-state index in [1.807, 2.05) is 36.4 Å². The van der Waals surface area contributed by atoms with E-state index >= 15 is 0 Å². The highest BCUT2D eigenvalue weighted by molar-refractivity contribution is 9.10. The molecule has 10 heteroatoms. The molecule has 0 fully saturated rings. The molecule has 0 bridgehead atoms. The number of carboxylic acid groups (broad SMARTS) is 1. The van der Waals surface area contributed by atoms with Gasteiger partial charge >= 0.3 is 5.97 Å². The third-order valence-corrected chi connectivity index (χ3v) is 6.66. The van der Waals surface area contributed by atoms with Gasteiger partial charge in [0, 0.05) is 23.8 Å². The summed E-state index contributed by atoms with van der Waals surface area (Å²) in [6.45, 7) is 2.01. The van der Waals surface area contributed by atoms with Crippen LogP contribution in [0.15, 0.2) is 70.3 Å². The van der Waals surface area contributed by atoms with Crippen LogP contribution in [0.25, 0.3) is 0 Å². The molecule has 0 aliphatic carbocycles. The lowest BCUT2D eigenvalue weighted by molar-refractivity contribution is 0.0683. The van der Waals surface area contributed by atoms with Crippen LogP contribution in [0.3, 0.4) is 0 Å². The van der Waals surface area contributed by atoms with Crippen LogP contribution in [0, 0.1) is 6.92 Å². The van der Waals surface area contributed by atoms with Crippen LogP contribution in [0.1, 0.15) is 38.9 Å². The lowest BCUT2D eigenvalue weighted by Crippen LogP contribution is -2.22. The number of benzene rings is 2. The van der Waals surface area contributed by atoms with Crippen LogP contribution in [-0.4, -0.2) is 32.3 Å². The van der Waals surface area contributed by atoms with Gasteiger partial charge in [-0.3, -0.25) is 4.79 Å². The summed E-state index contributed by atoms with van der Waals surface area (Å²) < 4.78 is 8.68. The highest BCUT2D eigenvalue weighted by Crippen LogP contribution is 2.32. The van der Waals surface area contributed by atoms with Gasteiger partial charge in [0.2, 0.25) is 0 Å². The number of halogens is 2. The molecule has 186 valence electrons. The van der Waals surface area contributed by atoms with Gasteiger partial charge in [-0.2, -0.15) is 0 Å². The van der Waals surface area contributed by atoms with Gasteiger partial charge in [0.1, 0.15) is 11.4 Å². The van der Waals surface area contributed by atoms with Crippen molar-refractivity contribution in [2.75, 3.05) is 12.4 Å². The maximum Gasteiger partial charge on any atom is 0.354 e. The molecule has 1 atom stereocenters. The van der Waals surface area contributed by atoms with E-state index in [2.05, 4.69) is 26.2 Å². The van der Waals surface area contributed by atoms with Crippen LogP contribution >= 0.6 is 27.5 Å². The molecule has 0 saturated carbocycles. The van der Waals surface area contributed by atoms with Gasteiger partial charge in [0.15, 0.2) is 10.4 Å². The summed E-state index contributed by atoms with van der Waals surface area (Å²) in [4.78, 5) is 29.4. The first-order valence-electron chi connectivity index (χ1n) is 11.0. The minimum Gasteiger partial charge on any atom is -0.497 e. The molecule has 2 heterocycles. The van der Waals surface area contributed by atoms with E-state index in [9.17, 15) is 14.7 Å². The fraction of sp³-hybridized carbons (Fsp3) is 0.192. The number of aryl methyl sites for hydroxylation is 2. The molecule has 8 nitrogen and oxygen atoms in total. The van der Waals surface area contributed by atoms with E-state index < -0.39 is 12.0 Å². The van der Waals surface area contributed by atoms with E-state index in [1.165, 1.54) is 4.57 Å². The third kappa shape index (κ3) is 5.32. The van der Waals surface area contributed by atoms with E-state index in [1.54, 1.807) is 50.0 Å². The maximum atomic E-state index is 12.5. The highest BCUT2D eigenvalue weighted by Gasteiger charge is 2.29. The molecule has 0 radical (unpaired) electrons. The molecule has 2 aromatic heterocycles. The molecule has 0 aliphatic rings.